The van der Waals surface area contributed by atoms with Gasteiger partial charge in [0.25, 0.3) is 10.2 Å². The average Bonchev–Trinajstić information content (AvgIpc) is 3.02. The van der Waals surface area contributed by atoms with Crippen LogP contribution in [0.4, 0.5) is 11.4 Å². The molecule has 0 radical (unpaired) electrons. The van der Waals surface area contributed by atoms with E-state index in [-0.39, 0.29) is 34.5 Å². The molecule has 7 nitrogen and oxygen atoms in total. The molecule has 0 saturated carbocycles. The lowest BCUT2D eigenvalue weighted by Gasteiger charge is -2.30. The van der Waals surface area contributed by atoms with Crippen molar-refractivity contribution in [3.63, 3.8) is 0 Å². The number of anilines is 2. The summed E-state index contributed by atoms with van der Waals surface area (Å²) in [6.45, 7) is 13.7. The summed E-state index contributed by atoms with van der Waals surface area (Å²) >= 11 is 12.5. The Hall–Kier alpha value is -3.55. The molecule has 0 aliphatic rings. The van der Waals surface area contributed by atoms with Crippen molar-refractivity contribution in [3.8, 4) is 11.5 Å². The van der Waals surface area contributed by atoms with Crippen LogP contribution in [0.3, 0.4) is 0 Å². The van der Waals surface area contributed by atoms with Crippen LogP contribution in [0.1, 0.15) is 88.7 Å². The highest BCUT2D eigenvalue weighted by Gasteiger charge is 2.43. The topological polar surface area (TPSA) is 93.7 Å². The van der Waals surface area contributed by atoms with E-state index >= 15 is 0 Å². The van der Waals surface area contributed by atoms with E-state index in [1.807, 2.05) is 0 Å². The predicted molar refractivity (Wildman–Crippen MR) is 183 cm³/mol. The molecule has 0 unspecified atom stereocenters. The molecule has 45 heavy (non-hydrogen) atoms. The van der Waals surface area contributed by atoms with Crippen LogP contribution in [-0.4, -0.2) is 35.6 Å². The number of carbonyl (C=O) groups is 3. The number of hydrogen-bond acceptors (Lipinski definition) is 5. The zero-order valence-electron chi connectivity index (χ0n) is 27.2. The first-order chi connectivity index (χ1) is 21.2. The monoisotopic (exact) mass is 654 g/mol. The molecule has 0 spiro atoms. The Kier molecular flexibility index (Phi) is 12.1. The average molecular weight is 656 g/mol. The van der Waals surface area contributed by atoms with Gasteiger partial charge in [0.05, 0.1) is 19.3 Å². The van der Waals surface area contributed by atoms with E-state index in [9.17, 15) is 14.4 Å². The van der Waals surface area contributed by atoms with Gasteiger partial charge in [0.2, 0.25) is 11.7 Å². The van der Waals surface area contributed by atoms with Crippen molar-refractivity contribution in [3.05, 3.63) is 83.4 Å². The molecule has 3 rings (SSSR count). The molecule has 0 atom stereocenters. The van der Waals surface area contributed by atoms with E-state index < -0.39 is 16.0 Å². The minimum atomic E-state index is -2.41. The smallest absolute Gasteiger partial charge is 0.269 e. The largest absolute Gasteiger partial charge is 0.496 e. The molecule has 242 valence electrons. The van der Waals surface area contributed by atoms with Crippen LogP contribution in [0.15, 0.2) is 66.7 Å². The molecule has 2 amide bonds. The number of ether oxygens (including phenoxy) is 2. The molecule has 9 heteroatoms. The van der Waals surface area contributed by atoms with Crippen LogP contribution >= 0.6 is 23.2 Å². The third kappa shape index (κ3) is 9.01. The van der Waals surface area contributed by atoms with Crippen LogP contribution in [0.5, 0.6) is 11.5 Å². The van der Waals surface area contributed by atoms with Gasteiger partial charge < -0.3 is 20.1 Å². The molecular weight excluding hydrogens is 611 g/mol. The van der Waals surface area contributed by atoms with E-state index in [0.717, 1.165) is 18.6 Å². The van der Waals surface area contributed by atoms with Crippen molar-refractivity contribution >= 4 is 52.2 Å². The van der Waals surface area contributed by atoms with E-state index in [0.29, 0.717) is 24.4 Å². The number of alkyl halides is 2. The Bertz CT molecular complexity index is 1520. The van der Waals surface area contributed by atoms with Gasteiger partial charge in [-0.2, -0.15) is 0 Å². The summed E-state index contributed by atoms with van der Waals surface area (Å²) in [7, 11) is 1.40. The van der Waals surface area contributed by atoms with Crippen molar-refractivity contribution in [2.45, 2.75) is 82.4 Å². The molecule has 0 aliphatic heterocycles. The van der Waals surface area contributed by atoms with Gasteiger partial charge in [-0.25, -0.2) is 0 Å². The summed E-state index contributed by atoms with van der Waals surface area (Å²) in [6.07, 6.45) is 2.76. The number of Topliss-reactive ketones (excluding diaryl/α,β-unsaturated/α-hetero) is 1. The molecular formula is C36H44Cl2N2O5. The zero-order chi connectivity index (χ0) is 33.4. The summed E-state index contributed by atoms with van der Waals surface area (Å²) in [5.41, 5.74) is 3.33. The van der Waals surface area contributed by atoms with Crippen molar-refractivity contribution in [1.29, 1.82) is 0 Å². The minimum absolute atomic E-state index is 0.0543. The Morgan fingerprint density at radius 2 is 1.42 bits per heavy atom. The number of nitrogens with one attached hydrogen (secondary N) is 2. The van der Waals surface area contributed by atoms with E-state index in [4.69, 9.17) is 32.7 Å². The molecule has 0 aliphatic carbocycles. The van der Waals surface area contributed by atoms with Crippen LogP contribution in [-0.2, 0) is 20.4 Å². The predicted octanol–water partition coefficient (Wildman–Crippen LogP) is 8.86. The van der Waals surface area contributed by atoms with Gasteiger partial charge in [-0.15, -0.1) is 0 Å². The van der Waals surface area contributed by atoms with Crippen LogP contribution in [0.2, 0.25) is 0 Å². The number of hydrogen-bond donors (Lipinski definition) is 2. The van der Waals surface area contributed by atoms with Gasteiger partial charge in [0.1, 0.15) is 11.5 Å². The van der Waals surface area contributed by atoms with Crippen molar-refractivity contribution in [2.24, 2.45) is 0 Å². The van der Waals surface area contributed by atoms with Gasteiger partial charge in [-0.1, -0.05) is 95.1 Å². The Labute approximate surface area is 277 Å². The van der Waals surface area contributed by atoms with E-state index in [1.54, 1.807) is 42.5 Å². The minimum Gasteiger partial charge on any atom is -0.496 e. The third-order valence-corrected chi connectivity index (χ3v) is 9.08. The summed E-state index contributed by atoms with van der Waals surface area (Å²) in [6, 6.07) is 19.3. The van der Waals surface area contributed by atoms with E-state index in [1.165, 1.54) is 24.3 Å². The van der Waals surface area contributed by atoms with Gasteiger partial charge in [0.15, 0.2) is 0 Å². The van der Waals surface area contributed by atoms with Gasteiger partial charge in [-0.3, -0.25) is 14.4 Å². The summed E-state index contributed by atoms with van der Waals surface area (Å²) in [4.78, 5) is 38.6. The quantitative estimate of drug-likeness (QED) is 0.0739. The number of ketones is 1. The highest BCUT2D eigenvalue weighted by Crippen LogP contribution is 2.38. The first kappa shape index (κ1) is 35.9. The number of carbonyl (C=O) groups excluding carboxylic acids is 3. The maximum Gasteiger partial charge on any atom is 0.269 e. The SMILES string of the molecule is CCC(C)(C)c1ccc(OCCCC(=O)Nc2cccc(NC(=O)C(Cl)(Cl)C(=O)c3ccccc3OC)c2)c(C(C)(C)CC)c1. The van der Waals surface area contributed by atoms with Gasteiger partial charge in [-0.05, 0) is 72.1 Å². The zero-order valence-corrected chi connectivity index (χ0v) is 28.7. The lowest BCUT2D eigenvalue weighted by Crippen LogP contribution is -2.40. The third-order valence-electron chi connectivity index (χ3n) is 8.39. The first-order valence-electron chi connectivity index (χ1n) is 15.2. The highest BCUT2D eigenvalue weighted by atomic mass is 35.5. The van der Waals surface area contributed by atoms with E-state index in [2.05, 4.69) is 70.4 Å². The fraction of sp³-hybridized carbons (Fsp3) is 0.417. The molecule has 0 fully saturated rings. The maximum atomic E-state index is 13.0. The molecule has 3 aromatic rings. The second-order valence-corrected chi connectivity index (χ2v) is 13.7. The van der Waals surface area contributed by atoms with Crippen LogP contribution < -0.4 is 20.1 Å². The number of methoxy groups -OCH3 is 1. The first-order valence-corrected chi connectivity index (χ1v) is 16.0. The molecule has 0 saturated heterocycles. The summed E-state index contributed by atoms with van der Waals surface area (Å²) in [5.74, 6) is -0.861. The highest BCUT2D eigenvalue weighted by molar-refractivity contribution is 6.70. The van der Waals surface area contributed by atoms with Crippen LogP contribution in [0.25, 0.3) is 0 Å². The summed E-state index contributed by atoms with van der Waals surface area (Å²) in [5, 5.41) is 5.39. The Balaban J connectivity index is 1.59. The second kappa shape index (κ2) is 15.2. The van der Waals surface area contributed by atoms with Crippen molar-refractivity contribution in [2.75, 3.05) is 24.4 Å². The Morgan fingerprint density at radius 3 is 2.07 bits per heavy atom. The van der Waals surface area contributed by atoms with Gasteiger partial charge in [0, 0.05) is 23.4 Å². The lowest BCUT2D eigenvalue weighted by molar-refractivity contribution is -0.117. The van der Waals surface area contributed by atoms with Crippen LogP contribution in [0, 0.1) is 0 Å². The van der Waals surface area contributed by atoms with Crippen molar-refractivity contribution < 1.29 is 23.9 Å². The summed E-state index contributed by atoms with van der Waals surface area (Å²) < 4.78 is 8.98. The maximum absolute atomic E-state index is 13.0. The number of rotatable bonds is 15. The van der Waals surface area contributed by atoms with Crippen molar-refractivity contribution in [1.82, 2.24) is 0 Å². The fourth-order valence-corrected chi connectivity index (χ4v) is 4.93. The molecule has 0 aromatic heterocycles. The molecule has 0 heterocycles. The number of halogens is 2. The lowest BCUT2D eigenvalue weighted by atomic mass is 9.76. The fourth-order valence-electron chi connectivity index (χ4n) is 4.63. The molecule has 2 N–H and O–H groups in total. The standard InChI is InChI=1S/C36H44Cl2N2O5/c1-8-34(3,4)24-19-20-30(28(22-24)35(5,6)9-2)45-21-13-18-31(41)39-25-14-12-15-26(23-25)40-33(43)36(37,38)32(42)27-16-10-11-17-29(27)44-7/h10-12,14-17,19-20,22-23H,8-9,13,18,21H2,1-7H3,(H,39,41)(H,40,43). The molecule has 3 aromatic carbocycles. The van der Waals surface area contributed by atoms with Gasteiger partial charge >= 0.3 is 0 Å². The Morgan fingerprint density at radius 1 is 0.778 bits per heavy atom. The number of benzene rings is 3. The second-order valence-electron chi connectivity index (χ2n) is 12.3. The number of para-hydroxylation sites is 1. The number of amides is 2. The normalized spacial score (nSPS) is 11.9. The molecule has 0 bridgehead atoms.